The summed E-state index contributed by atoms with van der Waals surface area (Å²) in [6, 6.07) is 7.65. The lowest BCUT2D eigenvalue weighted by atomic mass is 9.80. The van der Waals surface area contributed by atoms with Crippen molar-refractivity contribution < 1.29 is 9.84 Å². The number of hydrogen-bond acceptors (Lipinski definition) is 6. The molecule has 0 fully saturated rings. The third-order valence-electron chi connectivity index (χ3n) is 4.97. The number of thiophene rings is 1. The topological polar surface area (TPSA) is 53.9 Å². The number of amidine groups is 1. The number of nitrogens with one attached hydrogen (secondary N) is 1. The van der Waals surface area contributed by atoms with Crippen molar-refractivity contribution in [1.29, 1.82) is 0 Å². The van der Waals surface area contributed by atoms with Crippen LogP contribution in [0, 0.1) is 0 Å². The molecule has 0 radical (unpaired) electrons. The maximum Gasteiger partial charge on any atom is 0.206 e. The molecule has 7 heteroatoms. The number of benzene rings is 1. The quantitative estimate of drug-likeness (QED) is 0.602. The predicted molar refractivity (Wildman–Crippen MR) is 119 cm³/mol. The minimum Gasteiger partial charge on any atom is -0.506 e. The second kappa shape index (κ2) is 7.32. The van der Waals surface area contributed by atoms with E-state index in [0.717, 1.165) is 29.3 Å². The SMILES string of the molecule is C=CCSC1=N[C@@]2(C[C@H](c3cccs3)c3cc(Cl)c(O)cc3O2)CC(C)(C)N1. The van der Waals surface area contributed by atoms with E-state index in [1.54, 1.807) is 29.2 Å². The van der Waals surface area contributed by atoms with Crippen LogP contribution in [0.3, 0.4) is 0 Å². The van der Waals surface area contributed by atoms with E-state index in [1.165, 1.54) is 4.88 Å². The number of rotatable bonds is 3. The number of ether oxygens (including phenoxy) is 1. The van der Waals surface area contributed by atoms with Crippen LogP contribution in [-0.4, -0.2) is 27.3 Å². The summed E-state index contributed by atoms with van der Waals surface area (Å²) >= 11 is 9.57. The van der Waals surface area contributed by atoms with E-state index >= 15 is 0 Å². The summed E-state index contributed by atoms with van der Waals surface area (Å²) in [7, 11) is 0. The highest BCUT2D eigenvalue weighted by Crippen LogP contribution is 2.51. The lowest BCUT2D eigenvalue weighted by molar-refractivity contribution is 0.0137. The van der Waals surface area contributed by atoms with Crippen molar-refractivity contribution in [2.45, 2.75) is 43.9 Å². The third-order valence-corrected chi connectivity index (χ3v) is 7.13. The average Bonchev–Trinajstić information content (AvgIpc) is 3.14. The Morgan fingerprint density at radius 3 is 3.04 bits per heavy atom. The number of hydrogen-bond donors (Lipinski definition) is 2. The number of nitrogens with zero attached hydrogens (tertiary/aromatic N) is 1. The van der Waals surface area contributed by atoms with Gasteiger partial charge in [-0.25, -0.2) is 4.99 Å². The van der Waals surface area contributed by atoms with Gasteiger partial charge in [-0.15, -0.1) is 17.9 Å². The first kappa shape index (κ1) is 19.7. The normalized spacial score (nSPS) is 25.4. The first-order valence-corrected chi connectivity index (χ1v) is 11.4. The fourth-order valence-corrected chi connectivity index (χ4v) is 5.87. The molecule has 0 unspecified atom stereocenters. The van der Waals surface area contributed by atoms with Gasteiger partial charge < -0.3 is 15.2 Å². The summed E-state index contributed by atoms with van der Waals surface area (Å²) in [5, 5.41) is 17.0. The Kier molecular flexibility index (Phi) is 5.14. The standard InChI is InChI=1S/C21H23ClN2O2S2/c1-4-7-28-19-23-20(2,3)12-21(24-19)11-14(18-6-5-8-27-18)13-9-15(22)16(25)10-17(13)26-21/h4-6,8-10,14,25H,1,7,11-12H2,2-3H3,(H,23,24)/t14-,21+/m0/s1. The maximum absolute atomic E-state index is 10.2. The van der Waals surface area contributed by atoms with Gasteiger partial charge >= 0.3 is 0 Å². The van der Waals surface area contributed by atoms with Crippen LogP contribution < -0.4 is 10.1 Å². The molecule has 4 rings (SSSR count). The van der Waals surface area contributed by atoms with Crippen LogP contribution in [0.2, 0.25) is 5.02 Å². The third kappa shape index (κ3) is 3.78. The Bertz CT molecular complexity index is 927. The Balaban J connectivity index is 1.82. The highest BCUT2D eigenvalue weighted by molar-refractivity contribution is 8.13. The van der Waals surface area contributed by atoms with Crippen molar-refractivity contribution in [3.63, 3.8) is 0 Å². The number of phenols is 1. The van der Waals surface area contributed by atoms with Crippen molar-refractivity contribution >= 4 is 39.9 Å². The minimum atomic E-state index is -0.694. The summed E-state index contributed by atoms with van der Waals surface area (Å²) in [6.45, 7) is 8.13. The molecule has 1 spiro atoms. The summed E-state index contributed by atoms with van der Waals surface area (Å²) in [4.78, 5) is 6.25. The zero-order chi connectivity index (χ0) is 19.9. The highest BCUT2D eigenvalue weighted by Gasteiger charge is 2.48. The van der Waals surface area contributed by atoms with Gasteiger partial charge in [0, 0.05) is 46.6 Å². The zero-order valence-electron chi connectivity index (χ0n) is 15.9. The van der Waals surface area contributed by atoms with Gasteiger partial charge in [0.2, 0.25) is 5.72 Å². The highest BCUT2D eigenvalue weighted by atomic mass is 35.5. The van der Waals surface area contributed by atoms with Crippen LogP contribution in [0.1, 0.15) is 43.0 Å². The second-order valence-electron chi connectivity index (χ2n) is 7.86. The number of aromatic hydroxyl groups is 1. The summed E-state index contributed by atoms with van der Waals surface area (Å²) in [6.07, 6.45) is 3.32. The second-order valence-corrected chi connectivity index (χ2v) is 10.3. The van der Waals surface area contributed by atoms with E-state index in [2.05, 4.69) is 43.3 Å². The van der Waals surface area contributed by atoms with Crippen molar-refractivity contribution in [3.8, 4) is 11.5 Å². The molecule has 0 bridgehead atoms. The van der Waals surface area contributed by atoms with Crippen molar-refractivity contribution in [3.05, 3.63) is 57.8 Å². The predicted octanol–water partition coefficient (Wildman–Crippen LogP) is 5.76. The minimum absolute atomic E-state index is 0.0285. The van der Waals surface area contributed by atoms with Crippen LogP contribution in [-0.2, 0) is 0 Å². The van der Waals surface area contributed by atoms with Crippen molar-refractivity contribution in [2.75, 3.05) is 5.75 Å². The molecule has 0 aliphatic carbocycles. The first-order valence-electron chi connectivity index (χ1n) is 9.17. The lowest BCUT2D eigenvalue weighted by Gasteiger charge is -2.47. The molecule has 0 amide bonds. The number of thioether (sulfide) groups is 1. The summed E-state index contributed by atoms with van der Waals surface area (Å²) in [5.41, 5.74) is 0.139. The van der Waals surface area contributed by atoms with Gasteiger partial charge in [-0.1, -0.05) is 35.5 Å². The smallest absolute Gasteiger partial charge is 0.206 e. The maximum atomic E-state index is 10.2. The van der Waals surface area contributed by atoms with Gasteiger partial charge in [-0.05, 0) is 31.4 Å². The molecule has 2 atom stereocenters. The van der Waals surface area contributed by atoms with E-state index in [1.807, 2.05) is 12.1 Å². The first-order chi connectivity index (χ1) is 13.3. The number of fused-ring (bicyclic) bond motifs is 1. The zero-order valence-corrected chi connectivity index (χ0v) is 18.3. The number of phenolic OH excluding ortho intramolecular Hbond substituents is 1. The van der Waals surface area contributed by atoms with E-state index in [4.69, 9.17) is 21.3 Å². The molecule has 28 heavy (non-hydrogen) atoms. The van der Waals surface area contributed by atoms with Crippen LogP contribution >= 0.6 is 34.7 Å². The Labute approximate surface area is 178 Å². The molecule has 2 aliphatic rings. The van der Waals surface area contributed by atoms with Crippen LogP contribution in [0.5, 0.6) is 11.5 Å². The molecule has 1 aromatic carbocycles. The van der Waals surface area contributed by atoms with Crippen molar-refractivity contribution in [1.82, 2.24) is 5.32 Å². The Morgan fingerprint density at radius 1 is 1.50 bits per heavy atom. The molecule has 2 aromatic rings. The molecule has 1 aromatic heterocycles. The lowest BCUT2D eigenvalue weighted by Crippen LogP contribution is -2.57. The summed E-state index contributed by atoms with van der Waals surface area (Å²) < 4.78 is 6.49. The number of aliphatic imine (C=N–C) groups is 1. The largest absolute Gasteiger partial charge is 0.506 e. The van der Waals surface area contributed by atoms with Crippen LogP contribution in [0.25, 0.3) is 0 Å². The van der Waals surface area contributed by atoms with E-state index < -0.39 is 5.72 Å². The molecule has 148 valence electrons. The monoisotopic (exact) mass is 434 g/mol. The van der Waals surface area contributed by atoms with Gasteiger partial charge in [-0.2, -0.15) is 0 Å². The molecule has 4 nitrogen and oxygen atoms in total. The molecular weight excluding hydrogens is 412 g/mol. The fourth-order valence-electron chi connectivity index (χ4n) is 4.00. The van der Waals surface area contributed by atoms with Gasteiger partial charge in [0.05, 0.1) is 5.02 Å². The van der Waals surface area contributed by atoms with Gasteiger partial charge in [0.25, 0.3) is 0 Å². The fraction of sp³-hybridized carbons (Fsp3) is 0.381. The molecule has 0 saturated carbocycles. The Morgan fingerprint density at radius 2 is 2.32 bits per heavy atom. The summed E-state index contributed by atoms with van der Waals surface area (Å²) in [5.74, 6) is 1.58. The molecule has 2 aliphatic heterocycles. The van der Waals surface area contributed by atoms with Crippen molar-refractivity contribution in [2.24, 2.45) is 4.99 Å². The molecule has 3 heterocycles. The van der Waals surface area contributed by atoms with Gasteiger partial charge in [-0.3, -0.25) is 0 Å². The van der Waals surface area contributed by atoms with E-state index in [9.17, 15) is 5.11 Å². The van der Waals surface area contributed by atoms with Crippen LogP contribution in [0.4, 0.5) is 0 Å². The molecule has 2 N–H and O–H groups in total. The van der Waals surface area contributed by atoms with E-state index in [-0.39, 0.29) is 17.2 Å². The Hall–Kier alpha value is -1.63. The number of halogens is 1. The van der Waals surface area contributed by atoms with Crippen LogP contribution in [0.15, 0.2) is 47.3 Å². The average molecular weight is 435 g/mol. The van der Waals surface area contributed by atoms with Gasteiger partial charge in [0.15, 0.2) is 5.17 Å². The molecular formula is C21H23ClN2O2S2. The van der Waals surface area contributed by atoms with Gasteiger partial charge in [0.1, 0.15) is 11.5 Å². The molecule has 0 saturated heterocycles. The van der Waals surface area contributed by atoms with E-state index in [0.29, 0.717) is 10.8 Å².